The molecule has 2 unspecified atom stereocenters. The number of Topliss-reactive ketones (excluding diaryl/α,β-unsaturated/α-hetero) is 1. The topological polar surface area (TPSA) is 77.8 Å². The van der Waals surface area contributed by atoms with Crippen molar-refractivity contribution < 1.29 is 20.1 Å². The average Bonchev–Trinajstić information content (AvgIpc) is 2.43. The molecule has 0 aromatic carbocycles. The number of aliphatic hydroxyl groups is 3. The molecule has 114 valence electrons. The normalized spacial score (nSPS) is 14.3. The summed E-state index contributed by atoms with van der Waals surface area (Å²) in [5.41, 5.74) is 0. The molecule has 0 saturated heterocycles. The van der Waals surface area contributed by atoms with Crippen LogP contribution in [0.2, 0.25) is 0 Å². The lowest BCUT2D eigenvalue weighted by Gasteiger charge is -2.12. The van der Waals surface area contributed by atoms with Crippen LogP contribution in [0.4, 0.5) is 0 Å². The highest BCUT2D eigenvalue weighted by Gasteiger charge is 2.21. The summed E-state index contributed by atoms with van der Waals surface area (Å²) in [4.78, 5) is 11.3. The van der Waals surface area contributed by atoms with E-state index < -0.39 is 24.6 Å². The lowest BCUT2D eigenvalue weighted by molar-refractivity contribution is -0.137. The minimum absolute atomic E-state index is 0.381. The Morgan fingerprint density at radius 2 is 1.32 bits per heavy atom. The Kier molecular flexibility index (Phi) is 12.3. The molecular weight excluding hydrogens is 244 g/mol. The van der Waals surface area contributed by atoms with E-state index in [4.69, 9.17) is 10.2 Å². The van der Waals surface area contributed by atoms with Gasteiger partial charge in [-0.25, -0.2) is 0 Å². The SMILES string of the molecule is CCCCCCCCCCCC(O)C(=O)C(O)CO. The summed E-state index contributed by atoms with van der Waals surface area (Å²) in [5, 5.41) is 27.2. The second-order valence-corrected chi connectivity index (χ2v) is 5.23. The van der Waals surface area contributed by atoms with Gasteiger partial charge in [0, 0.05) is 0 Å². The van der Waals surface area contributed by atoms with Crippen molar-refractivity contribution in [2.24, 2.45) is 0 Å². The molecule has 0 aliphatic carbocycles. The van der Waals surface area contributed by atoms with E-state index in [-0.39, 0.29) is 0 Å². The third-order valence-electron chi connectivity index (χ3n) is 3.41. The van der Waals surface area contributed by atoms with Gasteiger partial charge in [0.05, 0.1) is 6.61 Å². The number of hydrogen-bond donors (Lipinski definition) is 3. The predicted molar refractivity (Wildman–Crippen MR) is 76.0 cm³/mol. The standard InChI is InChI=1S/C15H30O4/c1-2-3-4-5-6-7-8-9-10-11-13(17)15(19)14(18)12-16/h13-14,16-18H,2-12H2,1H3. The highest BCUT2D eigenvalue weighted by atomic mass is 16.3. The van der Waals surface area contributed by atoms with Crippen LogP contribution in [0.5, 0.6) is 0 Å². The van der Waals surface area contributed by atoms with Crippen molar-refractivity contribution in [3.63, 3.8) is 0 Å². The van der Waals surface area contributed by atoms with E-state index in [1.165, 1.54) is 38.5 Å². The molecule has 0 aliphatic heterocycles. The van der Waals surface area contributed by atoms with Crippen molar-refractivity contribution in [2.75, 3.05) is 6.61 Å². The molecule has 0 spiro atoms. The van der Waals surface area contributed by atoms with Crippen LogP contribution in [0.25, 0.3) is 0 Å². The maximum Gasteiger partial charge on any atom is 0.191 e. The first kappa shape index (κ1) is 18.6. The Morgan fingerprint density at radius 3 is 1.79 bits per heavy atom. The summed E-state index contributed by atoms with van der Waals surface area (Å²) in [7, 11) is 0. The van der Waals surface area contributed by atoms with Gasteiger partial charge in [-0.15, -0.1) is 0 Å². The lowest BCUT2D eigenvalue weighted by Crippen LogP contribution is -2.34. The number of unbranched alkanes of at least 4 members (excludes halogenated alkanes) is 8. The van der Waals surface area contributed by atoms with Crippen molar-refractivity contribution in [3.8, 4) is 0 Å². The van der Waals surface area contributed by atoms with Crippen molar-refractivity contribution in [1.82, 2.24) is 0 Å². The zero-order chi connectivity index (χ0) is 14.5. The maximum absolute atomic E-state index is 11.3. The minimum Gasteiger partial charge on any atom is -0.393 e. The molecular formula is C15H30O4. The van der Waals surface area contributed by atoms with Crippen LogP contribution in [0, 0.1) is 0 Å². The lowest BCUT2D eigenvalue weighted by atomic mass is 10.0. The number of hydrogen-bond acceptors (Lipinski definition) is 4. The molecule has 4 heteroatoms. The van der Waals surface area contributed by atoms with Gasteiger partial charge in [-0.3, -0.25) is 4.79 Å². The third-order valence-corrected chi connectivity index (χ3v) is 3.41. The predicted octanol–water partition coefficient (Wildman–Crippen LogP) is 2.19. The van der Waals surface area contributed by atoms with E-state index in [9.17, 15) is 9.90 Å². The maximum atomic E-state index is 11.3. The molecule has 0 aromatic rings. The number of carbonyl (C=O) groups excluding carboxylic acids is 1. The van der Waals surface area contributed by atoms with Gasteiger partial charge in [-0.1, -0.05) is 64.7 Å². The summed E-state index contributed by atoms with van der Waals surface area (Å²) in [5.74, 6) is -0.665. The number of carbonyl (C=O) groups is 1. The molecule has 0 amide bonds. The first-order valence-electron chi connectivity index (χ1n) is 7.64. The van der Waals surface area contributed by atoms with Crippen molar-refractivity contribution in [2.45, 2.75) is 83.3 Å². The van der Waals surface area contributed by atoms with Crippen LogP contribution >= 0.6 is 0 Å². The van der Waals surface area contributed by atoms with Gasteiger partial charge in [0.1, 0.15) is 12.2 Å². The number of ketones is 1. The van der Waals surface area contributed by atoms with E-state index in [0.717, 1.165) is 19.3 Å². The largest absolute Gasteiger partial charge is 0.393 e. The van der Waals surface area contributed by atoms with Gasteiger partial charge < -0.3 is 15.3 Å². The summed E-state index contributed by atoms with van der Waals surface area (Å²) in [6.45, 7) is 1.59. The van der Waals surface area contributed by atoms with E-state index in [2.05, 4.69) is 6.92 Å². The van der Waals surface area contributed by atoms with Crippen molar-refractivity contribution in [1.29, 1.82) is 0 Å². The van der Waals surface area contributed by atoms with E-state index in [0.29, 0.717) is 6.42 Å². The van der Waals surface area contributed by atoms with Gasteiger partial charge >= 0.3 is 0 Å². The molecule has 0 radical (unpaired) electrons. The van der Waals surface area contributed by atoms with Gasteiger partial charge in [-0.05, 0) is 6.42 Å². The molecule has 0 aromatic heterocycles. The second kappa shape index (κ2) is 12.6. The summed E-state index contributed by atoms with van der Waals surface area (Å²) >= 11 is 0. The number of aliphatic hydroxyl groups excluding tert-OH is 3. The smallest absolute Gasteiger partial charge is 0.191 e. The summed E-state index contributed by atoms with van der Waals surface area (Å²) < 4.78 is 0. The average molecular weight is 274 g/mol. The van der Waals surface area contributed by atoms with Gasteiger partial charge in [0.2, 0.25) is 0 Å². The monoisotopic (exact) mass is 274 g/mol. The van der Waals surface area contributed by atoms with Crippen LogP contribution < -0.4 is 0 Å². The van der Waals surface area contributed by atoms with Gasteiger partial charge in [0.15, 0.2) is 5.78 Å². The third kappa shape index (κ3) is 10.0. The van der Waals surface area contributed by atoms with Crippen LogP contribution in [0.1, 0.15) is 71.1 Å². The molecule has 0 heterocycles. The van der Waals surface area contributed by atoms with Crippen LogP contribution in [0.15, 0.2) is 0 Å². The first-order valence-corrected chi connectivity index (χ1v) is 7.64. The Hall–Kier alpha value is -0.450. The molecule has 19 heavy (non-hydrogen) atoms. The van der Waals surface area contributed by atoms with Crippen LogP contribution in [0.3, 0.4) is 0 Å². The fourth-order valence-electron chi connectivity index (χ4n) is 2.10. The molecule has 0 bridgehead atoms. The minimum atomic E-state index is -1.44. The highest BCUT2D eigenvalue weighted by molar-refractivity contribution is 5.86. The molecule has 3 N–H and O–H groups in total. The van der Waals surface area contributed by atoms with Crippen molar-refractivity contribution >= 4 is 5.78 Å². The molecule has 0 fully saturated rings. The molecule has 0 rings (SSSR count). The fourth-order valence-corrected chi connectivity index (χ4v) is 2.10. The van der Waals surface area contributed by atoms with E-state index >= 15 is 0 Å². The van der Waals surface area contributed by atoms with Crippen molar-refractivity contribution in [3.05, 3.63) is 0 Å². The summed E-state index contributed by atoms with van der Waals surface area (Å²) in [6, 6.07) is 0. The summed E-state index contributed by atoms with van der Waals surface area (Å²) in [6.07, 6.45) is 8.44. The zero-order valence-electron chi connectivity index (χ0n) is 12.2. The molecule has 0 aliphatic rings. The zero-order valence-corrected chi connectivity index (χ0v) is 12.2. The Morgan fingerprint density at radius 1 is 0.842 bits per heavy atom. The Bertz CT molecular complexity index is 218. The highest BCUT2D eigenvalue weighted by Crippen LogP contribution is 2.12. The molecule has 4 nitrogen and oxygen atoms in total. The van der Waals surface area contributed by atoms with Gasteiger partial charge in [0.25, 0.3) is 0 Å². The fraction of sp³-hybridized carbons (Fsp3) is 0.933. The second-order valence-electron chi connectivity index (χ2n) is 5.23. The molecule has 0 saturated carbocycles. The van der Waals surface area contributed by atoms with E-state index in [1.807, 2.05) is 0 Å². The van der Waals surface area contributed by atoms with E-state index in [1.54, 1.807) is 0 Å². The first-order chi connectivity index (χ1) is 9.13. The molecule has 2 atom stereocenters. The van der Waals surface area contributed by atoms with Crippen LogP contribution in [-0.4, -0.2) is 39.9 Å². The Balaban J connectivity index is 3.36. The Labute approximate surface area is 116 Å². The van der Waals surface area contributed by atoms with Gasteiger partial charge in [-0.2, -0.15) is 0 Å². The number of rotatable bonds is 13. The quantitative estimate of drug-likeness (QED) is 0.450. The van der Waals surface area contributed by atoms with Crippen LogP contribution in [-0.2, 0) is 4.79 Å².